The lowest BCUT2D eigenvalue weighted by Gasteiger charge is -1.95. The van der Waals surface area contributed by atoms with Gasteiger partial charge in [0.15, 0.2) is 0 Å². The van der Waals surface area contributed by atoms with Crippen molar-refractivity contribution in [3.05, 3.63) is 11.6 Å². The molecule has 11 heavy (non-hydrogen) atoms. The Hall–Kier alpha value is -1.19. The van der Waals surface area contributed by atoms with Crippen molar-refractivity contribution in [2.24, 2.45) is 0 Å². The summed E-state index contributed by atoms with van der Waals surface area (Å²) in [6.07, 6.45) is 0.462. The quantitative estimate of drug-likeness (QED) is 0.603. The third-order valence-electron chi connectivity index (χ3n) is 1.41. The molecule has 4 heteroatoms. The largest absolute Gasteiger partial charge is 0.273 e. The van der Waals surface area contributed by atoms with Gasteiger partial charge in [0.25, 0.3) is 0 Å². The van der Waals surface area contributed by atoms with Gasteiger partial charge in [0.05, 0.1) is 0 Å². The second-order valence-corrected chi connectivity index (χ2v) is 2.37. The van der Waals surface area contributed by atoms with Crippen molar-refractivity contribution >= 4 is 5.91 Å². The van der Waals surface area contributed by atoms with Gasteiger partial charge in [-0.1, -0.05) is 6.92 Å². The van der Waals surface area contributed by atoms with Crippen LogP contribution in [0.15, 0.2) is 0 Å². The minimum atomic E-state index is -0.0110. The minimum Gasteiger partial charge on any atom is -0.273 e. The highest BCUT2D eigenvalue weighted by molar-refractivity contribution is 5.77. The second kappa shape index (κ2) is 2.82. The molecule has 1 heterocycles. The highest BCUT2D eigenvalue weighted by Gasteiger charge is 2.07. The normalized spacial score (nSPS) is 10.1. The van der Waals surface area contributed by atoms with E-state index in [4.69, 9.17) is 0 Å². The first-order chi connectivity index (χ1) is 5.15. The van der Waals surface area contributed by atoms with E-state index in [1.165, 1.54) is 4.68 Å². The molecule has 0 spiro atoms. The van der Waals surface area contributed by atoms with E-state index >= 15 is 0 Å². The maximum atomic E-state index is 11.1. The van der Waals surface area contributed by atoms with Crippen molar-refractivity contribution in [1.82, 2.24) is 14.8 Å². The summed E-state index contributed by atoms with van der Waals surface area (Å²) in [5, 5.41) is 3.94. The molecule has 0 aliphatic heterocycles. The number of nitrogens with zero attached hydrogens (tertiary/aromatic N) is 3. The van der Waals surface area contributed by atoms with Crippen molar-refractivity contribution < 1.29 is 4.79 Å². The lowest BCUT2D eigenvalue weighted by Crippen LogP contribution is -2.12. The topological polar surface area (TPSA) is 47.8 Å². The summed E-state index contributed by atoms with van der Waals surface area (Å²) in [6, 6.07) is 0. The van der Waals surface area contributed by atoms with Crippen LogP contribution < -0.4 is 0 Å². The Kier molecular flexibility index (Phi) is 2.03. The van der Waals surface area contributed by atoms with Crippen molar-refractivity contribution in [2.45, 2.75) is 27.2 Å². The third-order valence-corrected chi connectivity index (χ3v) is 1.41. The monoisotopic (exact) mass is 153 g/mol. The van der Waals surface area contributed by atoms with Crippen LogP contribution in [-0.2, 0) is 0 Å². The standard InChI is InChI=1S/C7H11N3O/c1-4-7(11)10-6(3)8-5(2)9-10/h4H2,1-3H3. The molecule has 0 aromatic carbocycles. The van der Waals surface area contributed by atoms with Gasteiger partial charge in [0.2, 0.25) is 5.91 Å². The van der Waals surface area contributed by atoms with Gasteiger partial charge in [-0.2, -0.15) is 4.68 Å². The predicted octanol–water partition coefficient (Wildman–Crippen LogP) is 0.945. The molecule has 0 radical (unpaired) electrons. The fraction of sp³-hybridized carbons (Fsp3) is 0.571. The zero-order chi connectivity index (χ0) is 8.43. The van der Waals surface area contributed by atoms with Gasteiger partial charge in [-0.25, -0.2) is 4.98 Å². The average Bonchev–Trinajstić information content (AvgIpc) is 2.28. The molecular formula is C7H11N3O. The summed E-state index contributed by atoms with van der Waals surface area (Å²) < 4.78 is 1.34. The molecule has 60 valence electrons. The molecule has 0 atom stereocenters. The Morgan fingerprint density at radius 2 is 2.18 bits per heavy atom. The number of aromatic nitrogens is 3. The van der Waals surface area contributed by atoms with Crippen molar-refractivity contribution in [3.8, 4) is 0 Å². The van der Waals surface area contributed by atoms with Gasteiger partial charge < -0.3 is 0 Å². The molecule has 0 unspecified atom stereocenters. The van der Waals surface area contributed by atoms with Gasteiger partial charge in [-0.15, -0.1) is 5.10 Å². The van der Waals surface area contributed by atoms with E-state index in [-0.39, 0.29) is 5.91 Å². The summed E-state index contributed by atoms with van der Waals surface area (Å²) in [5.74, 6) is 1.29. The number of hydrogen-bond donors (Lipinski definition) is 0. The Morgan fingerprint density at radius 3 is 2.55 bits per heavy atom. The molecule has 4 nitrogen and oxygen atoms in total. The molecule has 0 aliphatic rings. The van der Waals surface area contributed by atoms with Crippen molar-refractivity contribution in [3.63, 3.8) is 0 Å². The summed E-state index contributed by atoms with van der Waals surface area (Å²) in [4.78, 5) is 15.1. The first kappa shape index (κ1) is 7.91. The summed E-state index contributed by atoms with van der Waals surface area (Å²) in [5.41, 5.74) is 0. The molecule has 0 amide bonds. The zero-order valence-corrected chi connectivity index (χ0v) is 6.96. The zero-order valence-electron chi connectivity index (χ0n) is 6.96. The van der Waals surface area contributed by atoms with E-state index in [1.54, 1.807) is 20.8 Å². The molecule has 0 bridgehead atoms. The smallest absolute Gasteiger partial charge is 0.248 e. The van der Waals surface area contributed by atoms with E-state index in [0.717, 1.165) is 0 Å². The predicted molar refractivity (Wildman–Crippen MR) is 40.4 cm³/mol. The molecule has 1 aromatic heterocycles. The average molecular weight is 153 g/mol. The number of hydrogen-bond acceptors (Lipinski definition) is 3. The molecule has 1 rings (SSSR count). The maximum Gasteiger partial charge on any atom is 0.248 e. The number of carbonyl (C=O) groups is 1. The molecule has 0 aliphatic carbocycles. The summed E-state index contributed by atoms with van der Waals surface area (Å²) in [7, 11) is 0. The van der Waals surface area contributed by atoms with Gasteiger partial charge in [0.1, 0.15) is 11.6 Å². The van der Waals surface area contributed by atoms with Crippen LogP contribution in [0.3, 0.4) is 0 Å². The molecule has 1 aromatic rings. The number of carbonyl (C=O) groups excluding carboxylic acids is 1. The van der Waals surface area contributed by atoms with Crippen molar-refractivity contribution in [2.75, 3.05) is 0 Å². The summed E-state index contributed by atoms with van der Waals surface area (Å²) >= 11 is 0. The highest BCUT2D eigenvalue weighted by Crippen LogP contribution is 1.96. The lowest BCUT2D eigenvalue weighted by atomic mass is 10.4. The van der Waals surface area contributed by atoms with E-state index in [2.05, 4.69) is 10.1 Å². The van der Waals surface area contributed by atoms with Crippen LogP contribution in [0.1, 0.15) is 29.8 Å². The molecule has 0 saturated heterocycles. The molecular weight excluding hydrogens is 142 g/mol. The Balaban J connectivity index is 3.03. The van der Waals surface area contributed by atoms with E-state index < -0.39 is 0 Å². The number of rotatable bonds is 1. The van der Waals surface area contributed by atoms with Crippen LogP contribution in [0.5, 0.6) is 0 Å². The van der Waals surface area contributed by atoms with E-state index in [1.807, 2.05) is 0 Å². The van der Waals surface area contributed by atoms with Crippen LogP contribution in [0, 0.1) is 13.8 Å². The Bertz CT molecular complexity index is 277. The minimum absolute atomic E-state index is 0.0110. The molecule has 0 saturated carbocycles. The first-order valence-corrected chi connectivity index (χ1v) is 3.58. The van der Waals surface area contributed by atoms with Crippen LogP contribution in [0.2, 0.25) is 0 Å². The highest BCUT2D eigenvalue weighted by atomic mass is 16.2. The first-order valence-electron chi connectivity index (χ1n) is 3.58. The van der Waals surface area contributed by atoms with E-state index in [0.29, 0.717) is 18.1 Å². The Morgan fingerprint density at radius 1 is 1.55 bits per heavy atom. The van der Waals surface area contributed by atoms with Crippen LogP contribution in [0.25, 0.3) is 0 Å². The maximum absolute atomic E-state index is 11.1. The van der Waals surface area contributed by atoms with Gasteiger partial charge in [-0.05, 0) is 13.8 Å². The van der Waals surface area contributed by atoms with Gasteiger partial charge >= 0.3 is 0 Å². The molecule has 0 N–H and O–H groups in total. The summed E-state index contributed by atoms with van der Waals surface area (Å²) in [6.45, 7) is 5.35. The SMILES string of the molecule is CCC(=O)n1nc(C)nc1C. The second-order valence-electron chi connectivity index (χ2n) is 2.37. The molecule has 0 fully saturated rings. The van der Waals surface area contributed by atoms with Gasteiger partial charge in [-0.3, -0.25) is 4.79 Å². The lowest BCUT2D eigenvalue weighted by molar-refractivity contribution is 0.0889. The van der Waals surface area contributed by atoms with E-state index in [9.17, 15) is 4.79 Å². The Labute approximate surface area is 65.2 Å². The fourth-order valence-electron chi connectivity index (χ4n) is 0.907. The fourth-order valence-corrected chi connectivity index (χ4v) is 0.907. The van der Waals surface area contributed by atoms with Crippen molar-refractivity contribution in [1.29, 1.82) is 0 Å². The third kappa shape index (κ3) is 1.45. The van der Waals surface area contributed by atoms with Crippen LogP contribution in [0.4, 0.5) is 0 Å². The number of aryl methyl sites for hydroxylation is 2. The van der Waals surface area contributed by atoms with Gasteiger partial charge in [0, 0.05) is 6.42 Å². The van der Waals surface area contributed by atoms with Crippen LogP contribution >= 0.6 is 0 Å². The van der Waals surface area contributed by atoms with Crippen LogP contribution in [-0.4, -0.2) is 20.7 Å².